The number of ether oxygens (including phenoxy) is 1. The molecule has 0 saturated carbocycles. The Bertz CT molecular complexity index is 371. The van der Waals surface area contributed by atoms with Crippen molar-refractivity contribution in [1.29, 1.82) is 0 Å². The zero-order valence-corrected chi connectivity index (χ0v) is 12.4. The Morgan fingerprint density at radius 1 is 1.22 bits per heavy atom. The number of carbonyl (C=O) groups is 1. The van der Waals surface area contributed by atoms with Gasteiger partial charge in [0.05, 0.1) is 5.92 Å². The first-order valence-electron chi connectivity index (χ1n) is 6.29. The van der Waals surface area contributed by atoms with Crippen LogP contribution in [0.3, 0.4) is 0 Å². The van der Waals surface area contributed by atoms with E-state index in [1.165, 1.54) is 17.3 Å². The Balaban J connectivity index is 2.63. The second kappa shape index (κ2) is 7.47. The maximum atomic E-state index is 11.7. The van der Waals surface area contributed by atoms with Crippen LogP contribution in [-0.4, -0.2) is 18.2 Å². The van der Waals surface area contributed by atoms with E-state index in [1.54, 1.807) is 0 Å². The number of esters is 1. The SMILES string of the molecule is CSCOC(=O)C(C)c1ccc(CC(C)C)cc1. The molecule has 3 heteroatoms. The first-order valence-corrected chi connectivity index (χ1v) is 7.68. The molecule has 0 aliphatic carbocycles. The van der Waals surface area contributed by atoms with Crippen molar-refractivity contribution in [2.45, 2.75) is 33.1 Å². The molecule has 0 saturated heterocycles. The Morgan fingerprint density at radius 2 is 1.83 bits per heavy atom. The van der Waals surface area contributed by atoms with Gasteiger partial charge in [-0.2, -0.15) is 0 Å². The standard InChI is InChI=1S/C15H22O2S/c1-11(2)9-13-5-7-14(8-6-13)12(3)15(16)17-10-18-4/h5-8,11-12H,9-10H2,1-4H3. The number of benzene rings is 1. The minimum atomic E-state index is -0.190. The van der Waals surface area contributed by atoms with Gasteiger partial charge in [-0.25, -0.2) is 0 Å². The smallest absolute Gasteiger partial charge is 0.313 e. The van der Waals surface area contributed by atoms with E-state index in [9.17, 15) is 4.79 Å². The molecule has 100 valence electrons. The van der Waals surface area contributed by atoms with Crippen LogP contribution in [0.2, 0.25) is 0 Å². The third kappa shape index (κ3) is 4.73. The average Bonchev–Trinajstić information content (AvgIpc) is 2.35. The fourth-order valence-corrected chi connectivity index (χ4v) is 2.03. The van der Waals surface area contributed by atoms with Crippen molar-refractivity contribution in [3.8, 4) is 0 Å². The monoisotopic (exact) mass is 266 g/mol. The second-order valence-electron chi connectivity index (χ2n) is 4.93. The van der Waals surface area contributed by atoms with Gasteiger partial charge in [0.15, 0.2) is 0 Å². The van der Waals surface area contributed by atoms with E-state index in [0.717, 1.165) is 12.0 Å². The Morgan fingerprint density at radius 3 is 2.33 bits per heavy atom. The molecule has 0 aliphatic rings. The predicted molar refractivity (Wildman–Crippen MR) is 77.9 cm³/mol. The Kier molecular flexibility index (Phi) is 6.27. The lowest BCUT2D eigenvalue weighted by atomic mass is 9.97. The molecule has 0 spiro atoms. The Hall–Kier alpha value is -0.960. The number of hydrogen-bond acceptors (Lipinski definition) is 3. The van der Waals surface area contributed by atoms with Crippen LogP contribution in [-0.2, 0) is 16.0 Å². The van der Waals surface area contributed by atoms with Crippen LogP contribution in [0, 0.1) is 5.92 Å². The van der Waals surface area contributed by atoms with E-state index in [2.05, 4.69) is 26.0 Å². The molecule has 0 aromatic heterocycles. The molecular weight excluding hydrogens is 244 g/mol. The van der Waals surface area contributed by atoms with Gasteiger partial charge in [-0.3, -0.25) is 4.79 Å². The summed E-state index contributed by atoms with van der Waals surface area (Å²) in [5.74, 6) is 0.736. The van der Waals surface area contributed by atoms with Crippen LogP contribution >= 0.6 is 11.8 Å². The number of rotatable bonds is 6. The number of thioether (sulfide) groups is 1. The molecule has 1 atom stereocenters. The summed E-state index contributed by atoms with van der Waals surface area (Å²) in [7, 11) is 0. The van der Waals surface area contributed by atoms with Crippen LogP contribution in [0.4, 0.5) is 0 Å². The van der Waals surface area contributed by atoms with Crippen molar-refractivity contribution in [3.05, 3.63) is 35.4 Å². The molecule has 1 rings (SSSR count). The van der Waals surface area contributed by atoms with Crippen LogP contribution in [0.5, 0.6) is 0 Å². The quantitative estimate of drug-likeness (QED) is 0.578. The third-order valence-corrected chi connectivity index (χ3v) is 3.15. The topological polar surface area (TPSA) is 26.3 Å². The molecule has 1 aromatic rings. The first kappa shape index (κ1) is 15.1. The summed E-state index contributed by atoms with van der Waals surface area (Å²) >= 11 is 1.51. The van der Waals surface area contributed by atoms with Crippen LogP contribution < -0.4 is 0 Å². The van der Waals surface area contributed by atoms with E-state index >= 15 is 0 Å². The van der Waals surface area contributed by atoms with Gasteiger partial charge in [0.25, 0.3) is 0 Å². The summed E-state index contributed by atoms with van der Waals surface area (Å²) in [6, 6.07) is 8.27. The van der Waals surface area contributed by atoms with Crippen LogP contribution in [0.15, 0.2) is 24.3 Å². The Labute approximate surface area is 114 Å². The molecule has 0 bridgehead atoms. The molecular formula is C15H22O2S. The fourth-order valence-electron chi connectivity index (χ4n) is 1.79. The highest BCUT2D eigenvalue weighted by molar-refractivity contribution is 7.98. The lowest BCUT2D eigenvalue weighted by Gasteiger charge is -2.12. The minimum absolute atomic E-state index is 0.152. The molecule has 0 fully saturated rings. The predicted octanol–water partition coefficient (Wildman–Crippen LogP) is 3.85. The number of hydrogen-bond donors (Lipinski definition) is 0. The molecule has 0 aliphatic heterocycles. The lowest BCUT2D eigenvalue weighted by molar-refractivity contribution is -0.142. The highest BCUT2D eigenvalue weighted by Crippen LogP contribution is 2.19. The normalized spacial score (nSPS) is 12.5. The van der Waals surface area contributed by atoms with E-state index < -0.39 is 0 Å². The van der Waals surface area contributed by atoms with Gasteiger partial charge in [-0.15, -0.1) is 11.8 Å². The van der Waals surface area contributed by atoms with E-state index in [4.69, 9.17) is 4.74 Å². The summed E-state index contributed by atoms with van der Waals surface area (Å²) in [6.07, 6.45) is 2.99. The summed E-state index contributed by atoms with van der Waals surface area (Å²) < 4.78 is 5.13. The molecule has 0 radical (unpaired) electrons. The lowest BCUT2D eigenvalue weighted by Crippen LogP contribution is -2.13. The zero-order chi connectivity index (χ0) is 13.5. The maximum Gasteiger partial charge on any atom is 0.313 e. The summed E-state index contributed by atoms with van der Waals surface area (Å²) in [5, 5.41) is 0. The van der Waals surface area contributed by atoms with Crippen molar-refractivity contribution in [1.82, 2.24) is 0 Å². The first-order chi connectivity index (χ1) is 8.54. The third-order valence-electron chi connectivity index (χ3n) is 2.80. The van der Waals surface area contributed by atoms with Gasteiger partial charge in [-0.05, 0) is 36.6 Å². The average molecular weight is 266 g/mol. The van der Waals surface area contributed by atoms with E-state index in [-0.39, 0.29) is 11.9 Å². The van der Waals surface area contributed by atoms with Crippen LogP contribution in [0.25, 0.3) is 0 Å². The molecule has 18 heavy (non-hydrogen) atoms. The van der Waals surface area contributed by atoms with Gasteiger partial charge < -0.3 is 4.74 Å². The van der Waals surface area contributed by atoms with Crippen molar-refractivity contribution >= 4 is 17.7 Å². The fraction of sp³-hybridized carbons (Fsp3) is 0.533. The molecule has 2 nitrogen and oxygen atoms in total. The highest BCUT2D eigenvalue weighted by Gasteiger charge is 2.16. The van der Waals surface area contributed by atoms with Gasteiger partial charge in [-0.1, -0.05) is 38.1 Å². The van der Waals surface area contributed by atoms with E-state index in [0.29, 0.717) is 11.9 Å². The van der Waals surface area contributed by atoms with Gasteiger partial charge in [0.1, 0.15) is 5.94 Å². The summed E-state index contributed by atoms with van der Waals surface area (Å²) in [6.45, 7) is 6.30. The van der Waals surface area contributed by atoms with Crippen molar-refractivity contribution in [3.63, 3.8) is 0 Å². The maximum absolute atomic E-state index is 11.7. The van der Waals surface area contributed by atoms with E-state index in [1.807, 2.05) is 25.3 Å². The molecule has 0 amide bonds. The van der Waals surface area contributed by atoms with Crippen molar-refractivity contribution in [2.24, 2.45) is 5.92 Å². The van der Waals surface area contributed by atoms with Crippen molar-refractivity contribution in [2.75, 3.05) is 12.2 Å². The molecule has 0 heterocycles. The van der Waals surface area contributed by atoms with Crippen LogP contribution in [0.1, 0.15) is 37.8 Å². The minimum Gasteiger partial charge on any atom is -0.454 e. The highest BCUT2D eigenvalue weighted by atomic mass is 32.2. The van der Waals surface area contributed by atoms with Crippen molar-refractivity contribution < 1.29 is 9.53 Å². The number of carbonyl (C=O) groups excluding carboxylic acids is 1. The van der Waals surface area contributed by atoms with Gasteiger partial charge in [0.2, 0.25) is 0 Å². The largest absolute Gasteiger partial charge is 0.454 e. The summed E-state index contributed by atoms with van der Waals surface area (Å²) in [4.78, 5) is 11.7. The molecule has 1 unspecified atom stereocenters. The summed E-state index contributed by atoms with van der Waals surface area (Å²) in [5.41, 5.74) is 2.34. The van der Waals surface area contributed by atoms with Gasteiger partial charge in [0, 0.05) is 0 Å². The molecule has 0 N–H and O–H groups in total. The van der Waals surface area contributed by atoms with Gasteiger partial charge >= 0.3 is 5.97 Å². The zero-order valence-electron chi connectivity index (χ0n) is 11.6. The molecule has 1 aromatic carbocycles. The second-order valence-corrected chi connectivity index (χ2v) is 5.74.